The Hall–Kier alpha value is -2.52. The Labute approximate surface area is 110 Å². The van der Waals surface area contributed by atoms with E-state index in [2.05, 4.69) is 9.57 Å². The predicted molar refractivity (Wildman–Crippen MR) is 58.9 cm³/mol. The summed E-state index contributed by atoms with van der Waals surface area (Å²) in [6.45, 7) is 1.55. The topological polar surface area (TPSA) is 90.7 Å². The average molecular weight is 294 g/mol. The Morgan fingerprint density at radius 3 is 2.60 bits per heavy atom. The van der Waals surface area contributed by atoms with Gasteiger partial charge in [0, 0.05) is 6.07 Å². The monoisotopic (exact) mass is 294 g/mol. The molecule has 0 atom stereocenters. The van der Waals surface area contributed by atoms with Crippen molar-refractivity contribution in [2.75, 3.05) is 6.61 Å². The second kappa shape index (κ2) is 6.08. The number of nitro groups is 1. The molecule has 0 heterocycles. The van der Waals surface area contributed by atoms with Gasteiger partial charge in [-0.1, -0.05) is 0 Å². The standard InChI is InChI=1S/C10H9F3N2O5/c1-2-19-9(16)14-20-8-4-3-6(10(11,12)13)5-7(8)15(17)18/h3-5H,2H2,1H3,(H,14,16). The quantitative estimate of drug-likeness (QED) is 0.681. The van der Waals surface area contributed by atoms with Gasteiger partial charge in [-0.2, -0.15) is 18.7 Å². The molecule has 0 saturated carbocycles. The molecule has 0 spiro atoms. The lowest BCUT2D eigenvalue weighted by Crippen LogP contribution is -2.28. The molecule has 0 fully saturated rings. The average Bonchev–Trinajstić information content (AvgIpc) is 2.35. The minimum Gasteiger partial charge on any atom is -0.448 e. The number of carbonyl (C=O) groups is 1. The Balaban J connectivity index is 2.97. The number of rotatable bonds is 4. The zero-order chi connectivity index (χ0) is 15.3. The number of alkyl halides is 3. The van der Waals surface area contributed by atoms with Crippen molar-refractivity contribution in [1.29, 1.82) is 0 Å². The molecule has 1 aromatic rings. The Morgan fingerprint density at radius 1 is 1.45 bits per heavy atom. The molecular weight excluding hydrogens is 285 g/mol. The van der Waals surface area contributed by atoms with E-state index in [9.17, 15) is 28.1 Å². The number of hydrogen-bond donors (Lipinski definition) is 1. The summed E-state index contributed by atoms with van der Waals surface area (Å²) in [5.41, 5.74) is -0.428. The lowest BCUT2D eigenvalue weighted by atomic mass is 10.2. The molecule has 1 rings (SSSR count). The van der Waals surface area contributed by atoms with Crippen LogP contribution in [-0.4, -0.2) is 17.6 Å². The van der Waals surface area contributed by atoms with E-state index in [1.165, 1.54) is 6.92 Å². The number of carbonyl (C=O) groups excluding carboxylic acids is 1. The lowest BCUT2D eigenvalue weighted by molar-refractivity contribution is -0.386. The van der Waals surface area contributed by atoms with Gasteiger partial charge >= 0.3 is 18.0 Å². The minimum absolute atomic E-state index is 0.0320. The van der Waals surface area contributed by atoms with Gasteiger partial charge in [0.1, 0.15) is 0 Å². The third-order valence-electron chi connectivity index (χ3n) is 2.00. The molecule has 20 heavy (non-hydrogen) atoms. The first kappa shape index (κ1) is 15.5. The highest BCUT2D eigenvalue weighted by Crippen LogP contribution is 2.35. The number of ether oxygens (including phenoxy) is 1. The Bertz CT molecular complexity index is 518. The molecule has 110 valence electrons. The van der Waals surface area contributed by atoms with Gasteiger partial charge in [-0.15, -0.1) is 0 Å². The molecule has 0 radical (unpaired) electrons. The van der Waals surface area contributed by atoms with Crippen LogP contribution < -0.4 is 10.3 Å². The zero-order valence-corrected chi connectivity index (χ0v) is 10.1. The van der Waals surface area contributed by atoms with Crippen molar-refractivity contribution in [3.05, 3.63) is 33.9 Å². The molecule has 0 aliphatic carbocycles. The number of halogens is 3. The first-order valence-electron chi connectivity index (χ1n) is 5.21. The van der Waals surface area contributed by atoms with Gasteiger partial charge in [-0.25, -0.2) is 4.79 Å². The molecule has 0 aromatic heterocycles. The van der Waals surface area contributed by atoms with Crippen LogP contribution in [0.15, 0.2) is 18.2 Å². The fourth-order valence-electron chi connectivity index (χ4n) is 1.18. The second-order valence-electron chi connectivity index (χ2n) is 3.36. The number of nitrogens with zero attached hydrogens (tertiary/aromatic N) is 1. The highest BCUT2D eigenvalue weighted by molar-refractivity contribution is 5.66. The van der Waals surface area contributed by atoms with E-state index >= 15 is 0 Å². The maximum atomic E-state index is 12.4. The molecule has 7 nitrogen and oxygen atoms in total. The molecule has 10 heteroatoms. The van der Waals surface area contributed by atoms with Gasteiger partial charge < -0.3 is 9.57 Å². The van der Waals surface area contributed by atoms with Crippen LogP contribution in [-0.2, 0) is 10.9 Å². The minimum atomic E-state index is -4.72. The summed E-state index contributed by atoms with van der Waals surface area (Å²) in [7, 11) is 0. The largest absolute Gasteiger partial charge is 0.448 e. The predicted octanol–water partition coefficient (Wildman–Crippen LogP) is 2.65. The highest BCUT2D eigenvalue weighted by Gasteiger charge is 2.33. The van der Waals surface area contributed by atoms with Crippen molar-refractivity contribution in [3.8, 4) is 5.75 Å². The van der Waals surface area contributed by atoms with E-state index in [1.807, 2.05) is 0 Å². The summed E-state index contributed by atoms with van der Waals surface area (Å²) >= 11 is 0. The van der Waals surface area contributed by atoms with Gasteiger partial charge in [0.15, 0.2) is 0 Å². The smallest absolute Gasteiger partial charge is 0.440 e. The lowest BCUT2D eigenvalue weighted by Gasteiger charge is -2.10. The Kier molecular flexibility index (Phi) is 4.73. The number of amides is 1. The fraction of sp³-hybridized carbons (Fsp3) is 0.300. The van der Waals surface area contributed by atoms with Crippen LogP contribution in [0, 0.1) is 10.1 Å². The maximum absolute atomic E-state index is 12.4. The maximum Gasteiger partial charge on any atom is 0.440 e. The van der Waals surface area contributed by atoms with Crippen molar-refractivity contribution in [1.82, 2.24) is 5.48 Å². The third kappa shape index (κ3) is 4.00. The molecule has 1 N–H and O–H groups in total. The molecule has 1 amide bonds. The van der Waals surface area contributed by atoms with Crippen LogP contribution in [0.2, 0.25) is 0 Å². The van der Waals surface area contributed by atoms with Crippen LogP contribution in [0.3, 0.4) is 0 Å². The third-order valence-corrected chi connectivity index (χ3v) is 2.00. The normalized spacial score (nSPS) is 10.8. The van der Waals surface area contributed by atoms with Gasteiger partial charge in [-0.3, -0.25) is 10.1 Å². The van der Waals surface area contributed by atoms with Crippen LogP contribution in [0.25, 0.3) is 0 Å². The summed E-state index contributed by atoms with van der Waals surface area (Å²) in [5.74, 6) is -0.545. The van der Waals surface area contributed by atoms with Crippen LogP contribution in [0.5, 0.6) is 5.75 Å². The molecule has 0 saturated heterocycles. The second-order valence-corrected chi connectivity index (χ2v) is 3.36. The Morgan fingerprint density at radius 2 is 2.10 bits per heavy atom. The number of hydrogen-bond acceptors (Lipinski definition) is 5. The molecule has 0 aliphatic heterocycles. The van der Waals surface area contributed by atoms with E-state index in [4.69, 9.17) is 0 Å². The SMILES string of the molecule is CCOC(=O)NOc1ccc(C(F)(F)F)cc1[N+](=O)[O-]. The van der Waals surface area contributed by atoms with Crippen molar-refractivity contribution >= 4 is 11.8 Å². The molecule has 0 unspecified atom stereocenters. The van der Waals surface area contributed by atoms with E-state index < -0.39 is 34.2 Å². The van der Waals surface area contributed by atoms with Gasteiger partial charge in [0.2, 0.25) is 5.75 Å². The summed E-state index contributed by atoms with van der Waals surface area (Å²) < 4.78 is 41.7. The van der Waals surface area contributed by atoms with E-state index in [-0.39, 0.29) is 6.61 Å². The van der Waals surface area contributed by atoms with Crippen molar-refractivity contribution in [3.63, 3.8) is 0 Å². The zero-order valence-electron chi connectivity index (χ0n) is 10.1. The first-order valence-corrected chi connectivity index (χ1v) is 5.21. The van der Waals surface area contributed by atoms with E-state index in [1.54, 1.807) is 5.48 Å². The summed E-state index contributed by atoms with van der Waals surface area (Å²) in [5, 5.41) is 10.7. The van der Waals surface area contributed by atoms with Gasteiger partial charge in [-0.05, 0) is 19.1 Å². The van der Waals surface area contributed by atoms with E-state index in [0.717, 1.165) is 6.07 Å². The molecule has 0 aliphatic rings. The number of nitrogens with one attached hydrogen (secondary N) is 1. The molecule has 0 bridgehead atoms. The van der Waals surface area contributed by atoms with Gasteiger partial charge in [0.25, 0.3) is 0 Å². The summed E-state index contributed by atoms with van der Waals surface area (Å²) in [6.07, 6.45) is -5.75. The fourth-order valence-corrected chi connectivity index (χ4v) is 1.18. The number of hydroxylamine groups is 1. The van der Waals surface area contributed by atoms with Crippen LogP contribution in [0.4, 0.5) is 23.7 Å². The van der Waals surface area contributed by atoms with Crippen LogP contribution in [0.1, 0.15) is 12.5 Å². The van der Waals surface area contributed by atoms with Gasteiger partial charge in [0.05, 0.1) is 17.1 Å². The summed E-state index contributed by atoms with van der Waals surface area (Å²) in [6, 6.07) is 1.63. The van der Waals surface area contributed by atoms with E-state index in [0.29, 0.717) is 12.1 Å². The first-order chi connectivity index (χ1) is 9.25. The van der Waals surface area contributed by atoms with Crippen LogP contribution >= 0.6 is 0 Å². The molecule has 1 aromatic carbocycles. The van der Waals surface area contributed by atoms with Crippen molar-refractivity contribution in [2.24, 2.45) is 0 Å². The number of benzene rings is 1. The van der Waals surface area contributed by atoms with Crippen molar-refractivity contribution in [2.45, 2.75) is 13.1 Å². The summed E-state index contributed by atoms with van der Waals surface area (Å²) in [4.78, 5) is 25.1. The number of nitro benzene ring substituents is 1. The highest BCUT2D eigenvalue weighted by atomic mass is 19.4. The molecular formula is C10H9F3N2O5. The van der Waals surface area contributed by atoms with Crippen molar-refractivity contribution < 1.29 is 32.5 Å².